The summed E-state index contributed by atoms with van der Waals surface area (Å²) in [6.45, 7) is 4.50. The molecule has 1 nitrogen and oxygen atoms in total. The van der Waals surface area contributed by atoms with Crippen LogP contribution < -0.4 is 0 Å². The number of nitrogens with zero attached hydrogens (tertiary/aromatic N) is 1. The summed E-state index contributed by atoms with van der Waals surface area (Å²) in [5, 5.41) is 0. The second-order valence-electron chi connectivity index (χ2n) is 2.38. The van der Waals surface area contributed by atoms with Gasteiger partial charge < -0.3 is 0 Å². The highest BCUT2D eigenvalue weighted by atomic mass is 32.2. The molecule has 0 aliphatic carbocycles. The van der Waals surface area contributed by atoms with Crippen LogP contribution in [0.25, 0.3) is 0 Å². The first kappa shape index (κ1) is 7.76. The Morgan fingerprint density at radius 1 is 1.33 bits per heavy atom. The molecular weight excluding hydrogens is 150 g/mol. The zero-order valence-corrected chi connectivity index (χ0v) is 7.60. The Bertz CT molecular complexity index is 79.1. The Morgan fingerprint density at radius 3 is 2.44 bits per heavy atom. The van der Waals surface area contributed by atoms with E-state index in [1.165, 1.54) is 17.4 Å². The predicted molar refractivity (Wildman–Crippen MR) is 46.8 cm³/mol. The molecule has 1 rings (SSSR count). The Labute approximate surface area is 65.7 Å². The van der Waals surface area contributed by atoms with Crippen molar-refractivity contribution >= 4 is 23.7 Å². The fourth-order valence-electron chi connectivity index (χ4n) is 0.703. The lowest BCUT2D eigenvalue weighted by atomic mass is 10.4. The largest absolute Gasteiger partial charge is 0.238 e. The molecule has 0 N–H and O–H groups in total. The van der Waals surface area contributed by atoms with Crippen LogP contribution in [0.2, 0.25) is 0 Å². The molecular formula is C6H13NS2. The van der Waals surface area contributed by atoms with Gasteiger partial charge in [-0.15, -0.1) is 11.8 Å². The maximum Gasteiger partial charge on any atom is 0.0549 e. The van der Waals surface area contributed by atoms with Crippen LogP contribution in [0.15, 0.2) is 0 Å². The van der Waals surface area contributed by atoms with Gasteiger partial charge in [0.1, 0.15) is 0 Å². The van der Waals surface area contributed by atoms with Crippen molar-refractivity contribution < 1.29 is 0 Å². The normalized spacial score (nSPS) is 23.0. The first-order valence-corrected chi connectivity index (χ1v) is 5.37. The standard InChI is InChI=1S/C6H13NS2/c1-6(2)7-5-8-3-4-9-7/h6H,3-5H2,1-2H3. The second kappa shape index (κ2) is 3.74. The summed E-state index contributed by atoms with van der Waals surface area (Å²) in [6, 6.07) is 0.711. The summed E-state index contributed by atoms with van der Waals surface area (Å²) in [5.74, 6) is 3.83. The van der Waals surface area contributed by atoms with Crippen molar-refractivity contribution in [2.45, 2.75) is 19.9 Å². The van der Waals surface area contributed by atoms with E-state index in [9.17, 15) is 0 Å². The van der Waals surface area contributed by atoms with Crippen LogP contribution in [0.5, 0.6) is 0 Å². The molecule has 3 heteroatoms. The monoisotopic (exact) mass is 163 g/mol. The molecule has 0 aromatic rings. The molecule has 0 bridgehead atoms. The lowest BCUT2D eigenvalue weighted by Crippen LogP contribution is -2.27. The van der Waals surface area contributed by atoms with Crippen LogP contribution in [0.3, 0.4) is 0 Å². The SMILES string of the molecule is CC(C)N1CSCCS1. The van der Waals surface area contributed by atoms with Gasteiger partial charge >= 0.3 is 0 Å². The first-order chi connectivity index (χ1) is 4.30. The molecule has 0 saturated carbocycles. The lowest BCUT2D eigenvalue weighted by molar-refractivity contribution is 0.452. The number of hydrogen-bond donors (Lipinski definition) is 0. The van der Waals surface area contributed by atoms with Crippen molar-refractivity contribution in [1.82, 2.24) is 4.31 Å². The highest BCUT2D eigenvalue weighted by molar-refractivity contribution is 8.04. The molecule has 9 heavy (non-hydrogen) atoms. The Hall–Kier alpha value is 0.660. The van der Waals surface area contributed by atoms with Gasteiger partial charge in [0.2, 0.25) is 0 Å². The van der Waals surface area contributed by atoms with Crippen molar-refractivity contribution in [3.63, 3.8) is 0 Å². The summed E-state index contributed by atoms with van der Waals surface area (Å²) in [5.41, 5.74) is 0. The van der Waals surface area contributed by atoms with Crippen LogP contribution in [0.4, 0.5) is 0 Å². The first-order valence-electron chi connectivity index (χ1n) is 3.28. The average molecular weight is 163 g/mol. The zero-order valence-electron chi connectivity index (χ0n) is 5.96. The minimum absolute atomic E-state index is 0.711. The van der Waals surface area contributed by atoms with Gasteiger partial charge in [-0.25, -0.2) is 4.31 Å². The van der Waals surface area contributed by atoms with E-state index in [4.69, 9.17) is 0 Å². The lowest BCUT2D eigenvalue weighted by Gasteiger charge is -2.28. The zero-order chi connectivity index (χ0) is 6.69. The van der Waals surface area contributed by atoms with E-state index in [0.717, 1.165) is 0 Å². The third-order valence-corrected chi connectivity index (χ3v) is 3.92. The fraction of sp³-hybridized carbons (Fsp3) is 1.00. The summed E-state index contributed by atoms with van der Waals surface area (Å²) in [4.78, 5) is 0. The van der Waals surface area contributed by atoms with Crippen molar-refractivity contribution in [2.24, 2.45) is 0 Å². The predicted octanol–water partition coefficient (Wildman–Crippen LogP) is 2.05. The molecule has 0 aromatic carbocycles. The minimum atomic E-state index is 0.711. The number of thioether (sulfide) groups is 1. The number of rotatable bonds is 1. The number of hydrogen-bond acceptors (Lipinski definition) is 3. The Kier molecular flexibility index (Phi) is 3.22. The molecule has 54 valence electrons. The molecule has 1 aliphatic rings. The van der Waals surface area contributed by atoms with E-state index in [1.807, 2.05) is 23.7 Å². The maximum atomic E-state index is 2.44. The van der Waals surface area contributed by atoms with E-state index in [1.54, 1.807) is 0 Å². The summed E-state index contributed by atoms with van der Waals surface area (Å²) < 4.78 is 2.44. The molecule has 1 fully saturated rings. The van der Waals surface area contributed by atoms with E-state index in [-0.39, 0.29) is 0 Å². The van der Waals surface area contributed by atoms with E-state index >= 15 is 0 Å². The molecule has 0 spiro atoms. The quantitative estimate of drug-likeness (QED) is 0.545. The van der Waals surface area contributed by atoms with Gasteiger partial charge in [0.25, 0.3) is 0 Å². The van der Waals surface area contributed by atoms with Gasteiger partial charge in [-0.1, -0.05) is 11.9 Å². The average Bonchev–Trinajstić information content (AvgIpc) is 1.90. The van der Waals surface area contributed by atoms with Crippen molar-refractivity contribution in [3.05, 3.63) is 0 Å². The van der Waals surface area contributed by atoms with Crippen molar-refractivity contribution in [3.8, 4) is 0 Å². The third-order valence-electron chi connectivity index (χ3n) is 1.28. The smallest absolute Gasteiger partial charge is 0.0549 e. The van der Waals surface area contributed by atoms with Gasteiger partial charge in [-0.2, -0.15) is 0 Å². The molecule has 0 atom stereocenters. The molecule has 0 aromatic heterocycles. The van der Waals surface area contributed by atoms with Crippen LogP contribution in [-0.4, -0.2) is 27.7 Å². The minimum Gasteiger partial charge on any atom is -0.238 e. The van der Waals surface area contributed by atoms with Crippen molar-refractivity contribution in [2.75, 3.05) is 17.4 Å². The van der Waals surface area contributed by atoms with Crippen LogP contribution in [0, 0.1) is 0 Å². The fourth-order valence-corrected chi connectivity index (χ4v) is 3.13. The maximum absolute atomic E-state index is 2.44. The molecule has 1 heterocycles. The highest BCUT2D eigenvalue weighted by Crippen LogP contribution is 2.24. The van der Waals surface area contributed by atoms with Crippen LogP contribution >= 0.6 is 23.7 Å². The summed E-state index contributed by atoms with van der Waals surface area (Å²) in [6.07, 6.45) is 0. The van der Waals surface area contributed by atoms with Gasteiger partial charge in [-0.3, -0.25) is 0 Å². The van der Waals surface area contributed by atoms with E-state index in [0.29, 0.717) is 6.04 Å². The summed E-state index contributed by atoms with van der Waals surface area (Å²) >= 11 is 4.02. The second-order valence-corrected chi connectivity index (χ2v) is 4.59. The van der Waals surface area contributed by atoms with Gasteiger partial charge in [0, 0.05) is 17.5 Å². The molecule has 0 radical (unpaired) electrons. The van der Waals surface area contributed by atoms with Crippen molar-refractivity contribution in [1.29, 1.82) is 0 Å². The molecule has 0 unspecified atom stereocenters. The molecule has 1 aliphatic heterocycles. The molecule has 1 saturated heterocycles. The topological polar surface area (TPSA) is 3.24 Å². The highest BCUT2D eigenvalue weighted by Gasteiger charge is 2.13. The van der Waals surface area contributed by atoms with E-state index in [2.05, 4.69) is 18.2 Å². The van der Waals surface area contributed by atoms with E-state index < -0.39 is 0 Å². The third kappa shape index (κ3) is 2.40. The Balaban J connectivity index is 2.23. The Morgan fingerprint density at radius 2 is 2.11 bits per heavy atom. The van der Waals surface area contributed by atoms with Gasteiger partial charge in [0.15, 0.2) is 0 Å². The summed E-state index contributed by atoms with van der Waals surface area (Å²) in [7, 11) is 0. The molecule has 0 amide bonds. The van der Waals surface area contributed by atoms with Gasteiger partial charge in [0.05, 0.1) is 5.88 Å². The van der Waals surface area contributed by atoms with Crippen LogP contribution in [-0.2, 0) is 0 Å². The van der Waals surface area contributed by atoms with Crippen LogP contribution in [0.1, 0.15) is 13.8 Å². The van der Waals surface area contributed by atoms with Gasteiger partial charge in [-0.05, 0) is 13.8 Å².